The third-order valence-electron chi connectivity index (χ3n) is 15.0. The van der Waals surface area contributed by atoms with Crippen LogP contribution in [-0.2, 0) is 6.42 Å². The summed E-state index contributed by atoms with van der Waals surface area (Å²) in [5, 5.41) is 0. The standard InChI is InChI=1S/C67H76/c1-6-26-51(3)52(4)45-64(59-35-22-12-23-36-59)49-67(48-63(58-33-20-11-21-34-58)40-39-54-27-14-8-15-28-54)62-43-41-61(42-44-62)66(47-55(7-2)57-31-18-10-19-32-57)50-65(60-37-24-13-25-38-60)46-53(5)56-29-16-9-17-30-56/h6,8-38,41-44,52-53,55,63-67H,3,7,39-40,45-50H2,1-2,4-5H3/b26-6-. The zero-order valence-corrected chi connectivity index (χ0v) is 41.0. The molecule has 0 aliphatic rings. The molecule has 7 rings (SSSR count). The first-order valence-electron chi connectivity index (χ1n) is 25.6. The van der Waals surface area contributed by atoms with E-state index in [2.05, 4.69) is 253 Å². The molecule has 67 heavy (non-hydrogen) atoms. The number of hydrogen-bond acceptors (Lipinski definition) is 0. The third-order valence-corrected chi connectivity index (χ3v) is 15.0. The van der Waals surface area contributed by atoms with Crippen LogP contribution < -0.4 is 0 Å². The lowest BCUT2D eigenvalue weighted by atomic mass is 9.73. The van der Waals surface area contributed by atoms with E-state index in [0.717, 1.165) is 57.8 Å². The normalized spacial score (nSPS) is 15.2. The highest BCUT2D eigenvalue weighted by Crippen LogP contribution is 2.45. The Morgan fingerprint density at radius 2 is 0.716 bits per heavy atom. The van der Waals surface area contributed by atoms with Crippen LogP contribution in [-0.4, -0.2) is 0 Å². The molecule has 0 aliphatic heterocycles. The Kier molecular flexibility index (Phi) is 18.8. The first-order chi connectivity index (χ1) is 32.9. The van der Waals surface area contributed by atoms with Gasteiger partial charge in [-0.25, -0.2) is 0 Å². The molecule has 8 unspecified atom stereocenters. The largest absolute Gasteiger partial charge is 0.0956 e. The van der Waals surface area contributed by atoms with E-state index >= 15 is 0 Å². The van der Waals surface area contributed by atoms with Gasteiger partial charge in [-0.2, -0.15) is 0 Å². The van der Waals surface area contributed by atoms with Gasteiger partial charge in [0, 0.05) is 0 Å². The Balaban J connectivity index is 1.27. The second-order valence-corrected chi connectivity index (χ2v) is 19.6. The Bertz CT molecular complexity index is 2450. The molecule has 344 valence electrons. The first-order valence-corrected chi connectivity index (χ1v) is 25.6. The SMILES string of the molecule is C=C(/C=C\C)C(C)CC(CC(CC(CCc1ccccc1)c1ccccc1)c1ccc(C(CC(CC)c2ccccc2)CC(CC(C)c2ccccc2)c2ccccc2)cc1)c1ccccc1. The molecule has 0 saturated heterocycles. The van der Waals surface area contributed by atoms with Crippen molar-refractivity contribution in [2.45, 2.75) is 127 Å². The predicted molar refractivity (Wildman–Crippen MR) is 289 cm³/mol. The van der Waals surface area contributed by atoms with E-state index in [1.807, 2.05) is 0 Å². The van der Waals surface area contributed by atoms with Gasteiger partial charge in [0.15, 0.2) is 0 Å². The minimum atomic E-state index is 0.373. The summed E-state index contributed by atoms with van der Waals surface area (Å²) in [5.41, 5.74) is 12.8. The molecular formula is C67H76. The van der Waals surface area contributed by atoms with Crippen molar-refractivity contribution >= 4 is 0 Å². The van der Waals surface area contributed by atoms with E-state index in [0.29, 0.717) is 47.3 Å². The van der Waals surface area contributed by atoms with Gasteiger partial charge in [-0.1, -0.05) is 251 Å². The molecule has 0 spiro atoms. The molecule has 0 bridgehead atoms. The highest BCUT2D eigenvalue weighted by molar-refractivity contribution is 5.34. The zero-order chi connectivity index (χ0) is 46.6. The summed E-state index contributed by atoms with van der Waals surface area (Å²) in [6.45, 7) is 13.8. The molecular weight excluding hydrogens is 805 g/mol. The summed E-state index contributed by atoms with van der Waals surface area (Å²) in [6, 6.07) is 77.9. The average Bonchev–Trinajstić information content (AvgIpc) is 3.39. The van der Waals surface area contributed by atoms with Crippen molar-refractivity contribution in [3.05, 3.63) is 275 Å². The maximum atomic E-state index is 4.53. The van der Waals surface area contributed by atoms with Crippen molar-refractivity contribution in [1.82, 2.24) is 0 Å². The molecule has 7 aromatic carbocycles. The maximum Gasteiger partial charge on any atom is -0.0150 e. The Labute approximate surface area is 406 Å². The Hall–Kier alpha value is -5.98. The fourth-order valence-electron chi connectivity index (χ4n) is 11.0. The lowest BCUT2D eigenvalue weighted by Crippen LogP contribution is -2.15. The second-order valence-electron chi connectivity index (χ2n) is 19.6. The summed E-state index contributed by atoms with van der Waals surface area (Å²) >= 11 is 0. The van der Waals surface area contributed by atoms with Crippen LogP contribution in [0.2, 0.25) is 0 Å². The van der Waals surface area contributed by atoms with E-state index in [4.69, 9.17) is 0 Å². The van der Waals surface area contributed by atoms with Gasteiger partial charge in [0.05, 0.1) is 0 Å². The summed E-state index contributed by atoms with van der Waals surface area (Å²) in [5.74, 6) is 3.37. The van der Waals surface area contributed by atoms with Gasteiger partial charge < -0.3 is 0 Å². The van der Waals surface area contributed by atoms with E-state index in [9.17, 15) is 0 Å². The summed E-state index contributed by atoms with van der Waals surface area (Å²) in [6.07, 6.45) is 14.3. The molecule has 7 aromatic rings. The van der Waals surface area contributed by atoms with Gasteiger partial charge in [-0.05, 0) is 157 Å². The number of allylic oxidation sites excluding steroid dienone is 3. The van der Waals surface area contributed by atoms with Crippen molar-refractivity contribution in [3.63, 3.8) is 0 Å². The lowest BCUT2D eigenvalue weighted by Gasteiger charge is -2.31. The first kappa shape index (κ1) is 48.9. The van der Waals surface area contributed by atoms with E-state index in [1.54, 1.807) is 0 Å². The van der Waals surface area contributed by atoms with Gasteiger partial charge >= 0.3 is 0 Å². The number of hydrogen-bond donors (Lipinski definition) is 0. The second kappa shape index (κ2) is 25.8. The minimum absolute atomic E-state index is 0.373. The molecule has 0 N–H and O–H groups in total. The quantitative estimate of drug-likeness (QED) is 0.0502. The topological polar surface area (TPSA) is 0 Å². The number of rotatable bonds is 25. The van der Waals surface area contributed by atoms with Crippen LogP contribution in [0.25, 0.3) is 0 Å². The maximum absolute atomic E-state index is 4.53. The van der Waals surface area contributed by atoms with E-state index in [1.165, 1.54) is 50.1 Å². The van der Waals surface area contributed by atoms with Crippen LogP contribution in [0.3, 0.4) is 0 Å². The van der Waals surface area contributed by atoms with E-state index in [-0.39, 0.29) is 0 Å². The fraction of sp³-hybridized carbons (Fsp3) is 0.313. The van der Waals surface area contributed by atoms with Crippen LogP contribution in [0.1, 0.15) is 165 Å². The molecule has 0 amide bonds. The monoisotopic (exact) mass is 881 g/mol. The van der Waals surface area contributed by atoms with Crippen molar-refractivity contribution in [1.29, 1.82) is 0 Å². The van der Waals surface area contributed by atoms with Crippen LogP contribution in [0.4, 0.5) is 0 Å². The van der Waals surface area contributed by atoms with Crippen LogP contribution >= 0.6 is 0 Å². The molecule has 0 saturated carbocycles. The minimum Gasteiger partial charge on any atom is -0.0956 e. The van der Waals surface area contributed by atoms with Gasteiger partial charge in [0.1, 0.15) is 0 Å². The van der Waals surface area contributed by atoms with Gasteiger partial charge in [-0.15, -0.1) is 0 Å². The molecule has 0 fully saturated rings. The van der Waals surface area contributed by atoms with Crippen molar-refractivity contribution < 1.29 is 0 Å². The van der Waals surface area contributed by atoms with Crippen molar-refractivity contribution in [3.8, 4) is 0 Å². The highest BCUT2D eigenvalue weighted by Gasteiger charge is 2.28. The lowest BCUT2D eigenvalue weighted by molar-refractivity contribution is 0.413. The van der Waals surface area contributed by atoms with Gasteiger partial charge in [0.2, 0.25) is 0 Å². The zero-order valence-electron chi connectivity index (χ0n) is 41.0. The molecule has 0 heterocycles. The van der Waals surface area contributed by atoms with Gasteiger partial charge in [0.25, 0.3) is 0 Å². The Morgan fingerprint density at radius 3 is 1.15 bits per heavy atom. The molecule has 0 nitrogen and oxygen atoms in total. The van der Waals surface area contributed by atoms with Crippen molar-refractivity contribution in [2.24, 2.45) is 5.92 Å². The smallest absolute Gasteiger partial charge is 0.0150 e. The van der Waals surface area contributed by atoms with E-state index < -0.39 is 0 Å². The number of benzene rings is 7. The van der Waals surface area contributed by atoms with Crippen molar-refractivity contribution in [2.75, 3.05) is 0 Å². The summed E-state index contributed by atoms with van der Waals surface area (Å²) < 4.78 is 0. The van der Waals surface area contributed by atoms with Gasteiger partial charge in [-0.3, -0.25) is 0 Å². The summed E-state index contributed by atoms with van der Waals surface area (Å²) in [7, 11) is 0. The fourth-order valence-corrected chi connectivity index (χ4v) is 11.0. The van der Waals surface area contributed by atoms with Crippen LogP contribution in [0.15, 0.2) is 231 Å². The highest BCUT2D eigenvalue weighted by atomic mass is 14.3. The number of aryl methyl sites for hydroxylation is 1. The molecule has 0 heteroatoms. The summed E-state index contributed by atoms with van der Waals surface area (Å²) in [4.78, 5) is 0. The Morgan fingerprint density at radius 1 is 0.388 bits per heavy atom. The van der Waals surface area contributed by atoms with Crippen LogP contribution in [0.5, 0.6) is 0 Å². The molecule has 8 atom stereocenters. The average molecular weight is 881 g/mol. The molecule has 0 aromatic heterocycles. The van der Waals surface area contributed by atoms with Crippen LogP contribution in [0, 0.1) is 5.92 Å². The molecule has 0 radical (unpaired) electrons. The third kappa shape index (κ3) is 14.5. The predicted octanol–water partition coefficient (Wildman–Crippen LogP) is 18.9. The molecule has 0 aliphatic carbocycles.